The lowest BCUT2D eigenvalue weighted by molar-refractivity contribution is -0.153. The van der Waals surface area contributed by atoms with E-state index in [2.05, 4.69) is 5.32 Å². The van der Waals surface area contributed by atoms with E-state index in [4.69, 9.17) is 4.74 Å². The number of nitrogens with one attached hydrogen (secondary N) is 1. The molecule has 0 aliphatic carbocycles. The average Bonchev–Trinajstić information content (AvgIpc) is 3.00. The van der Waals surface area contributed by atoms with Gasteiger partial charge in [-0.3, -0.25) is 9.59 Å². The molecule has 23 heavy (non-hydrogen) atoms. The molecule has 0 spiro atoms. The summed E-state index contributed by atoms with van der Waals surface area (Å²) in [4.78, 5) is 25.6. The fraction of sp³-hybridized carbons (Fsp3) is 0.529. The molecular formula is C17H23FN2O3. The van der Waals surface area contributed by atoms with Crippen molar-refractivity contribution in [3.63, 3.8) is 0 Å². The zero-order chi connectivity index (χ0) is 17.0. The first-order valence-corrected chi connectivity index (χ1v) is 7.72. The van der Waals surface area contributed by atoms with Crippen LogP contribution in [0.3, 0.4) is 0 Å². The van der Waals surface area contributed by atoms with Crippen LogP contribution < -0.4 is 5.32 Å². The summed E-state index contributed by atoms with van der Waals surface area (Å²) in [5.41, 5.74) is -1.12. The second-order valence-corrected chi connectivity index (χ2v) is 6.06. The van der Waals surface area contributed by atoms with Crippen molar-refractivity contribution in [2.75, 3.05) is 26.7 Å². The van der Waals surface area contributed by atoms with Crippen LogP contribution in [0.15, 0.2) is 24.3 Å². The fourth-order valence-corrected chi connectivity index (χ4v) is 2.93. The summed E-state index contributed by atoms with van der Waals surface area (Å²) >= 11 is 0. The van der Waals surface area contributed by atoms with Crippen LogP contribution in [0.2, 0.25) is 0 Å². The number of hydrogen-bond acceptors (Lipinski definition) is 3. The predicted molar refractivity (Wildman–Crippen MR) is 84.1 cm³/mol. The number of rotatable bonds is 5. The molecule has 1 aromatic carbocycles. The maximum absolute atomic E-state index is 14.1. The summed E-state index contributed by atoms with van der Waals surface area (Å²) in [5, 5.41) is 2.77. The minimum absolute atomic E-state index is 0.0807. The van der Waals surface area contributed by atoms with Crippen LogP contribution in [-0.2, 0) is 19.9 Å². The van der Waals surface area contributed by atoms with Gasteiger partial charge in [-0.15, -0.1) is 0 Å². The number of carbonyl (C=O) groups is 2. The standard InChI is InChI=1S/C17H23FN2O3/c1-12(21)19-10-13-8-9-20(11-13)16(22)17(2,23-3)14-6-4-5-7-15(14)18/h4-7,13H,8-11H2,1-3H3,(H,19,21). The maximum atomic E-state index is 14.1. The first kappa shape index (κ1) is 17.4. The highest BCUT2D eigenvalue weighted by molar-refractivity contribution is 5.86. The number of halogens is 1. The summed E-state index contributed by atoms with van der Waals surface area (Å²) in [6.07, 6.45) is 0.809. The molecule has 0 bridgehead atoms. The van der Waals surface area contributed by atoms with Crippen LogP contribution in [0.5, 0.6) is 0 Å². The minimum atomic E-state index is -1.35. The van der Waals surface area contributed by atoms with E-state index in [9.17, 15) is 14.0 Å². The molecule has 5 nitrogen and oxygen atoms in total. The molecule has 2 amide bonds. The van der Waals surface area contributed by atoms with Gasteiger partial charge in [0.05, 0.1) is 0 Å². The van der Waals surface area contributed by atoms with Gasteiger partial charge in [0.2, 0.25) is 5.91 Å². The van der Waals surface area contributed by atoms with Gasteiger partial charge in [0.15, 0.2) is 5.60 Å². The molecular weight excluding hydrogens is 299 g/mol. The number of amides is 2. The van der Waals surface area contributed by atoms with Gasteiger partial charge in [-0.1, -0.05) is 18.2 Å². The molecule has 1 fully saturated rings. The Morgan fingerprint density at radius 1 is 1.43 bits per heavy atom. The van der Waals surface area contributed by atoms with Gasteiger partial charge in [0.1, 0.15) is 5.82 Å². The van der Waals surface area contributed by atoms with Gasteiger partial charge in [-0.05, 0) is 25.3 Å². The van der Waals surface area contributed by atoms with Crippen molar-refractivity contribution in [2.24, 2.45) is 5.92 Å². The number of ether oxygens (including phenoxy) is 1. The van der Waals surface area contributed by atoms with Gasteiger partial charge in [0, 0.05) is 39.2 Å². The van der Waals surface area contributed by atoms with E-state index in [0.29, 0.717) is 19.6 Å². The molecule has 126 valence electrons. The lowest BCUT2D eigenvalue weighted by Gasteiger charge is -2.32. The van der Waals surface area contributed by atoms with Crippen LogP contribution >= 0.6 is 0 Å². The van der Waals surface area contributed by atoms with Crippen molar-refractivity contribution < 1.29 is 18.7 Å². The van der Waals surface area contributed by atoms with E-state index in [1.165, 1.54) is 20.1 Å². The monoisotopic (exact) mass is 322 g/mol. The minimum Gasteiger partial charge on any atom is -0.364 e. The summed E-state index contributed by atoms with van der Waals surface area (Å²) < 4.78 is 19.5. The number of hydrogen-bond donors (Lipinski definition) is 1. The molecule has 1 aliphatic rings. The Balaban J connectivity index is 2.12. The second kappa shape index (κ2) is 7.08. The molecule has 1 aromatic rings. The smallest absolute Gasteiger partial charge is 0.259 e. The number of likely N-dealkylation sites (tertiary alicyclic amines) is 1. The summed E-state index contributed by atoms with van der Waals surface area (Å²) in [7, 11) is 1.41. The summed E-state index contributed by atoms with van der Waals surface area (Å²) in [6.45, 7) is 4.72. The molecule has 1 saturated heterocycles. The number of carbonyl (C=O) groups excluding carboxylic acids is 2. The van der Waals surface area contributed by atoms with E-state index in [1.54, 1.807) is 30.0 Å². The highest BCUT2D eigenvalue weighted by Gasteiger charge is 2.42. The molecule has 2 rings (SSSR count). The van der Waals surface area contributed by atoms with Crippen LogP contribution in [-0.4, -0.2) is 43.5 Å². The Morgan fingerprint density at radius 3 is 2.74 bits per heavy atom. The molecule has 6 heteroatoms. The molecule has 2 atom stereocenters. The first-order chi connectivity index (χ1) is 10.9. The van der Waals surface area contributed by atoms with E-state index >= 15 is 0 Å². The number of benzene rings is 1. The van der Waals surface area contributed by atoms with Crippen LogP contribution in [0, 0.1) is 11.7 Å². The lowest BCUT2D eigenvalue weighted by Crippen LogP contribution is -2.46. The van der Waals surface area contributed by atoms with E-state index in [0.717, 1.165) is 6.42 Å². The fourth-order valence-electron chi connectivity index (χ4n) is 2.93. The lowest BCUT2D eigenvalue weighted by atomic mass is 9.93. The molecule has 0 aromatic heterocycles. The number of nitrogens with zero attached hydrogens (tertiary/aromatic N) is 1. The Hall–Kier alpha value is -1.95. The zero-order valence-electron chi connectivity index (χ0n) is 13.8. The SMILES string of the molecule is COC(C)(C(=O)N1CCC(CNC(C)=O)C1)c1ccccc1F. The third-order valence-electron chi connectivity index (χ3n) is 4.42. The zero-order valence-corrected chi connectivity index (χ0v) is 13.8. The highest BCUT2D eigenvalue weighted by Crippen LogP contribution is 2.31. The van der Waals surface area contributed by atoms with Crippen molar-refractivity contribution >= 4 is 11.8 Å². The Bertz CT molecular complexity index is 593. The van der Waals surface area contributed by atoms with E-state index < -0.39 is 11.4 Å². The Labute approximate surface area is 135 Å². The van der Waals surface area contributed by atoms with E-state index in [1.807, 2.05) is 0 Å². The van der Waals surface area contributed by atoms with Crippen LogP contribution in [0.25, 0.3) is 0 Å². The van der Waals surface area contributed by atoms with Gasteiger partial charge in [-0.25, -0.2) is 4.39 Å². The average molecular weight is 322 g/mol. The van der Waals surface area contributed by atoms with Crippen molar-refractivity contribution in [1.29, 1.82) is 0 Å². The Morgan fingerprint density at radius 2 is 2.13 bits per heavy atom. The van der Waals surface area contributed by atoms with Crippen molar-refractivity contribution in [3.8, 4) is 0 Å². The third kappa shape index (κ3) is 3.69. The number of methoxy groups -OCH3 is 1. The summed E-state index contributed by atoms with van der Waals surface area (Å²) in [5.74, 6) is -0.581. The second-order valence-electron chi connectivity index (χ2n) is 6.06. The van der Waals surface area contributed by atoms with Crippen LogP contribution in [0.1, 0.15) is 25.8 Å². The molecule has 0 saturated carbocycles. The van der Waals surface area contributed by atoms with Gasteiger partial charge in [-0.2, -0.15) is 0 Å². The van der Waals surface area contributed by atoms with E-state index in [-0.39, 0.29) is 23.3 Å². The molecule has 2 unspecified atom stereocenters. The third-order valence-corrected chi connectivity index (χ3v) is 4.42. The van der Waals surface area contributed by atoms with Gasteiger partial charge < -0.3 is 15.0 Å². The van der Waals surface area contributed by atoms with Crippen molar-refractivity contribution in [2.45, 2.75) is 25.9 Å². The Kier molecular flexibility index (Phi) is 5.36. The molecule has 1 heterocycles. The topological polar surface area (TPSA) is 58.6 Å². The largest absolute Gasteiger partial charge is 0.364 e. The predicted octanol–water partition coefficient (Wildman–Crippen LogP) is 1.67. The molecule has 1 aliphatic heterocycles. The summed E-state index contributed by atoms with van der Waals surface area (Å²) in [6, 6.07) is 6.16. The van der Waals surface area contributed by atoms with Crippen molar-refractivity contribution in [3.05, 3.63) is 35.6 Å². The first-order valence-electron chi connectivity index (χ1n) is 7.72. The van der Waals surface area contributed by atoms with Gasteiger partial charge in [0.25, 0.3) is 5.91 Å². The maximum Gasteiger partial charge on any atom is 0.259 e. The molecule has 0 radical (unpaired) electrons. The normalized spacial score (nSPS) is 20.2. The van der Waals surface area contributed by atoms with Crippen LogP contribution in [0.4, 0.5) is 4.39 Å². The van der Waals surface area contributed by atoms with Crippen molar-refractivity contribution in [1.82, 2.24) is 10.2 Å². The quantitative estimate of drug-likeness (QED) is 0.897. The van der Waals surface area contributed by atoms with Gasteiger partial charge >= 0.3 is 0 Å². The molecule has 1 N–H and O–H groups in total. The highest BCUT2D eigenvalue weighted by atomic mass is 19.1.